The highest BCUT2D eigenvalue weighted by Crippen LogP contribution is 2.10. The van der Waals surface area contributed by atoms with E-state index in [-0.39, 0.29) is 12.5 Å². The Labute approximate surface area is 95.0 Å². The van der Waals surface area contributed by atoms with E-state index in [2.05, 4.69) is 5.10 Å². The van der Waals surface area contributed by atoms with Gasteiger partial charge in [0.15, 0.2) is 6.29 Å². The lowest BCUT2D eigenvalue weighted by molar-refractivity contribution is -0.130. The van der Waals surface area contributed by atoms with Gasteiger partial charge in [0.25, 0.3) is 0 Å². The lowest BCUT2D eigenvalue weighted by Crippen LogP contribution is -2.30. The molecule has 0 aliphatic carbocycles. The number of rotatable bonds is 4. The third kappa shape index (κ3) is 2.29. The van der Waals surface area contributed by atoms with Crippen molar-refractivity contribution in [3.05, 3.63) is 17.0 Å². The summed E-state index contributed by atoms with van der Waals surface area (Å²) >= 11 is 0. The Morgan fingerprint density at radius 3 is 2.56 bits per heavy atom. The zero-order valence-electron chi connectivity index (χ0n) is 10.1. The van der Waals surface area contributed by atoms with E-state index in [0.717, 1.165) is 12.0 Å². The number of aldehydes is 1. The minimum absolute atomic E-state index is 0.00875. The number of aromatic nitrogens is 2. The topological polar surface area (TPSA) is 55.2 Å². The fourth-order valence-electron chi connectivity index (χ4n) is 1.46. The predicted molar refractivity (Wildman–Crippen MR) is 60.4 cm³/mol. The average Bonchev–Trinajstić information content (AvgIpc) is 2.52. The Kier molecular flexibility index (Phi) is 3.82. The van der Waals surface area contributed by atoms with Crippen molar-refractivity contribution in [3.8, 4) is 0 Å². The normalized spacial score (nSPS) is 10.2. The second kappa shape index (κ2) is 4.92. The third-order valence-corrected chi connectivity index (χ3v) is 2.74. The first kappa shape index (κ1) is 12.4. The number of aryl methyl sites for hydroxylation is 1. The Morgan fingerprint density at radius 2 is 2.12 bits per heavy atom. The zero-order chi connectivity index (χ0) is 12.3. The SMILES string of the molecule is CCN(C)C(=O)Cn1nc(C)c(C=O)c1C. The van der Waals surface area contributed by atoms with Crippen LogP contribution in [0.4, 0.5) is 0 Å². The molecule has 0 saturated carbocycles. The summed E-state index contributed by atoms with van der Waals surface area (Å²) in [6.07, 6.45) is 0.780. The van der Waals surface area contributed by atoms with Gasteiger partial charge in [0.05, 0.1) is 11.3 Å². The molecule has 0 aliphatic rings. The van der Waals surface area contributed by atoms with Crippen LogP contribution in [0.5, 0.6) is 0 Å². The summed E-state index contributed by atoms with van der Waals surface area (Å²) < 4.78 is 1.58. The number of hydrogen-bond acceptors (Lipinski definition) is 3. The lowest BCUT2D eigenvalue weighted by atomic mass is 10.2. The molecule has 0 aliphatic heterocycles. The highest BCUT2D eigenvalue weighted by Gasteiger charge is 2.14. The van der Waals surface area contributed by atoms with E-state index in [0.29, 0.717) is 17.8 Å². The van der Waals surface area contributed by atoms with Gasteiger partial charge in [0.1, 0.15) is 6.54 Å². The first-order valence-corrected chi connectivity index (χ1v) is 5.24. The first-order chi connectivity index (χ1) is 7.51. The third-order valence-electron chi connectivity index (χ3n) is 2.74. The molecule has 0 saturated heterocycles. The summed E-state index contributed by atoms with van der Waals surface area (Å²) in [5.74, 6) is -0.00875. The molecule has 1 heterocycles. The maximum Gasteiger partial charge on any atom is 0.244 e. The second-order valence-corrected chi connectivity index (χ2v) is 3.77. The molecule has 5 heteroatoms. The molecule has 0 aromatic carbocycles. The maximum atomic E-state index is 11.7. The summed E-state index contributed by atoms with van der Waals surface area (Å²) in [6.45, 7) is 6.32. The standard InChI is InChI=1S/C11H17N3O2/c1-5-13(4)11(16)6-14-9(3)10(7-15)8(2)12-14/h7H,5-6H2,1-4H3. The minimum atomic E-state index is -0.00875. The van der Waals surface area contributed by atoms with Gasteiger partial charge in [0.2, 0.25) is 5.91 Å². The summed E-state index contributed by atoms with van der Waals surface area (Å²) in [5, 5.41) is 4.18. The molecule has 0 N–H and O–H groups in total. The number of amides is 1. The van der Waals surface area contributed by atoms with Crippen LogP contribution in [0.1, 0.15) is 28.7 Å². The number of carbonyl (C=O) groups excluding carboxylic acids is 2. The number of hydrogen-bond donors (Lipinski definition) is 0. The highest BCUT2D eigenvalue weighted by molar-refractivity contribution is 5.79. The van der Waals surface area contributed by atoms with Crippen molar-refractivity contribution in [2.45, 2.75) is 27.3 Å². The fourth-order valence-corrected chi connectivity index (χ4v) is 1.46. The molecule has 1 amide bonds. The van der Waals surface area contributed by atoms with Crippen LogP contribution in [-0.4, -0.2) is 40.5 Å². The van der Waals surface area contributed by atoms with Crippen molar-refractivity contribution in [2.24, 2.45) is 0 Å². The van der Waals surface area contributed by atoms with Crippen LogP contribution in [-0.2, 0) is 11.3 Å². The van der Waals surface area contributed by atoms with Crippen LogP contribution < -0.4 is 0 Å². The molecule has 0 spiro atoms. The molecule has 16 heavy (non-hydrogen) atoms. The van der Waals surface area contributed by atoms with Gasteiger partial charge in [-0.05, 0) is 20.8 Å². The first-order valence-electron chi connectivity index (χ1n) is 5.24. The van der Waals surface area contributed by atoms with Crippen molar-refractivity contribution in [3.63, 3.8) is 0 Å². The van der Waals surface area contributed by atoms with Gasteiger partial charge in [-0.2, -0.15) is 5.10 Å². The molecule has 1 aromatic rings. The van der Waals surface area contributed by atoms with Gasteiger partial charge in [0, 0.05) is 19.3 Å². The van der Waals surface area contributed by atoms with Crippen LogP contribution in [0, 0.1) is 13.8 Å². The van der Waals surface area contributed by atoms with E-state index in [1.807, 2.05) is 6.92 Å². The largest absolute Gasteiger partial charge is 0.344 e. The Morgan fingerprint density at radius 1 is 1.50 bits per heavy atom. The molecule has 1 aromatic heterocycles. The van der Waals surface area contributed by atoms with E-state index < -0.39 is 0 Å². The zero-order valence-corrected chi connectivity index (χ0v) is 10.1. The van der Waals surface area contributed by atoms with Gasteiger partial charge >= 0.3 is 0 Å². The summed E-state index contributed by atoms with van der Waals surface area (Å²) in [4.78, 5) is 24.1. The van der Waals surface area contributed by atoms with Gasteiger partial charge in [-0.15, -0.1) is 0 Å². The monoisotopic (exact) mass is 223 g/mol. The Balaban J connectivity index is 2.90. The van der Waals surface area contributed by atoms with Crippen LogP contribution in [0.3, 0.4) is 0 Å². The Bertz CT molecular complexity index is 410. The number of carbonyl (C=O) groups is 2. The van der Waals surface area contributed by atoms with Crippen LogP contribution in [0.15, 0.2) is 0 Å². The van der Waals surface area contributed by atoms with E-state index in [1.54, 1.807) is 30.5 Å². The number of nitrogens with zero attached hydrogens (tertiary/aromatic N) is 3. The summed E-state index contributed by atoms with van der Waals surface area (Å²) in [7, 11) is 1.74. The summed E-state index contributed by atoms with van der Waals surface area (Å²) in [5.41, 5.74) is 1.98. The molecule has 88 valence electrons. The van der Waals surface area contributed by atoms with Gasteiger partial charge in [-0.25, -0.2) is 0 Å². The highest BCUT2D eigenvalue weighted by atomic mass is 16.2. The molecular formula is C11H17N3O2. The van der Waals surface area contributed by atoms with Crippen LogP contribution >= 0.6 is 0 Å². The van der Waals surface area contributed by atoms with Crippen LogP contribution in [0.25, 0.3) is 0 Å². The van der Waals surface area contributed by atoms with E-state index in [9.17, 15) is 9.59 Å². The van der Waals surface area contributed by atoms with Crippen molar-refractivity contribution in [2.75, 3.05) is 13.6 Å². The Hall–Kier alpha value is -1.65. The molecule has 0 bridgehead atoms. The molecular weight excluding hydrogens is 206 g/mol. The maximum absolute atomic E-state index is 11.7. The summed E-state index contributed by atoms with van der Waals surface area (Å²) in [6, 6.07) is 0. The van der Waals surface area contributed by atoms with E-state index in [4.69, 9.17) is 0 Å². The molecule has 0 atom stereocenters. The van der Waals surface area contributed by atoms with Crippen LogP contribution in [0.2, 0.25) is 0 Å². The van der Waals surface area contributed by atoms with Gasteiger partial charge in [-0.3, -0.25) is 14.3 Å². The van der Waals surface area contributed by atoms with Crippen molar-refractivity contribution >= 4 is 12.2 Å². The second-order valence-electron chi connectivity index (χ2n) is 3.77. The van der Waals surface area contributed by atoms with E-state index >= 15 is 0 Å². The quantitative estimate of drug-likeness (QED) is 0.709. The number of likely N-dealkylation sites (N-methyl/N-ethyl adjacent to an activating group) is 1. The minimum Gasteiger partial charge on any atom is -0.344 e. The molecule has 0 unspecified atom stereocenters. The van der Waals surface area contributed by atoms with E-state index in [1.165, 1.54) is 0 Å². The average molecular weight is 223 g/mol. The van der Waals surface area contributed by atoms with Crippen molar-refractivity contribution in [1.29, 1.82) is 0 Å². The van der Waals surface area contributed by atoms with Gasteiger partial charge < -0.3 is 4.90 Å². The van der Waals surface area contributed by atoms with Gasteiger partial charge in [-0.1, -0.05) is 0 Å². The fraction of sp³-hybridized carbons (Fsp3) is 0.545. The molecule has 1 rings (SSSR count). The predicted octanol–water partition coefficient (Wildman–Crippen LogP) is 0.791. The molecule has 0 radical (unpaired) electrons. The smallest absolute Gasteiger partial charge is 0.244 e. The van der Waals surface area contributed by atoms with Crippen molar-refractivity contribution in [1.82, 2.24) is 14.7 Å². The lowest BCUT2D eigenvalue weighted by Gasteiger charge is -2.14. The van der Waals surface area contributed by atoms with Crippen molar-refractivity contribution < 1.29 is 9.59 Å². The molecule has 5 nitrogen and oxygen atoms in total. The molecule has 0 fully saturated rings.